The molecule has 0 saturated carbocycles. The number of rotatable bonds is 5. The molecule has 0 aliphatic carbocycles. The Kier molecular flexibility index (Phi) is 4.34. The first-order valence-corrected chi connectivity index (χ1v) is 6.44. The highest BCUT2D eigenvalue weighted by Crippen LogP contribution is 2.27. The number of nitrogens with one attached hydrogen (secondary N) is 1. The van der Waals surface area contributed by atoms with Crippen molar-refractivity contribution in [3.05, 3.63) is 35.9 Å². The Balaban J connectivity index is 1.90. The number of carbonyl (C=O) groups is 3. The molecule has 2 rings (SSSR count). The lowest BCUT2D eigenvalue weighted by Crippen LogP contribution is -2.41. The minimum atomic E-state index is -0.603. The number of hydrogen-bond acceptors (Lipinski definition) is 3. The second-order valence-electron chi connectivity index (χ2n) is 4.83. The Labute approximate surface area is 116 Å². The Morgan fingerprint density at radius 1 is 1.30 bits per heavy atom. The Morgan fingerprint density at radius 2 is 2.00 bits per heavy atom. The molecule has 1 atom stereocenters. The van der Waals surface area contributed by atoms with E-state index in [-0.39, 0.29) is 30.8 Å². The van der Waals surface area contributed by atoms with E-state index in [9.17, 15) is 14.4 Å². The molecule has 1 unspecified atom stereocenters. The predicted octanol–water partition coefficient (Wildman–Crippen LogP) is -0.396. The van der Waals surface area contributed by atoms with Crippen molar-refractivity contribution < 1.29 is 14.4 Å². The van der Waals surface area contributed by atoms with Gasteiger partial charge in [0.05, 0.1) is 13.1 Å². The zero-order valence-electron chi connectivity index (χ0n) is 11.0. The maximum Gasteiger partial charge on any atom is 0.240 e. The number of primary amides is 1. The number of benzene rings is 1. The van der Waals surface area contributed by atoms with Crippen molar-refractivity contribution in [1.29, 1.82) is 0 Å². The number of carbonyl (C=O) groups excluding carboxylic acids is 3. The zero-order chi connectivity index (χ0) is 14.5. The van der Waals surface area contributed by atoms with Crippen molar-refractivity contribution in [1.82, 2.24) is 10.2 Å². The van der Waals surface area contributed by atoms with E-state index in [2.05, 4.69) is 5.32 Å². The van der Waals surface area contributed by atoms with Crippen LogP contribution in [0.15, 0.2) is 30.3 Å². The number of amides is 3. The molecule has 0 bridgehead atoms. The lowest BCUT2D eigenvalue weighted by molar-refractivity contribution is -0.133. The van der Waals surface area contributed by atoms with Gasteiger partial charge in [-0.2, -0.15) is 0 Å². The van der Waals surface area contributed by atoms with Crippen molar-refractivity contribution in [2.24, 2.45) is 5.73 Å². The molecule has 6 nitrogen and oxygen atoms in total. The average Bonchev–Trinajstić information content (AvgIpc) is 2.79. The Hall–Kier alpha value is -2.37. The predicted molar refractivity (Wildman–Crippen MR) is 72.6 cm³/mol. The third-order valence-corrected chi connectivity index (χ3v) is 3.28. The lowest BCUT2D eigenvalue weighted by Gasteiger charge is -2.16. The molecule has 1 aliphatic rings. The Bertz CT molecular complexity index is 516. The first-order valence-electron chi connectivity index (χ1n) is 6.44. The second-order valence-corrected chi connectivity index (χ2v) is 4.83. The smallest absolute Gasteiger partial charge is 0.240 e. The zero-order valence-corrected chi connectivity index (χ0v) is 11.0. The number of likely N-dealkylation sites (tertiary alicyclic amines) is 1. The van der Waals surface area contributed by atoms with Gasteiger partial charge in [-0.3, -0.25) is 14.4 Å². The van der Waals surface area contributed by atoms with Gasteiger partial charge in [-0.15, -0.1) is 0 Å². The maximum atomic E-state index is 11.9. The van der Waals surface area contributed by atoms with Crippen LogP contribution in [0.3, 0.4) is 0 Å². The third-order valence-electron chi connectivity index (χ3n) is 3.28. The van der Waals surface area contributed by atoms with Crippen LogP contribution in [0.2, 0.25) is 0 Å². The molecule has 1 aromatic carbocycles. The fourth-order valence-electron chi connectivity index (χ4n) is 2.29. The summed E-state index contributed by atoms with van der Waals surface area (Å²) in [5.41, 5.74) is 6.04. The molecule has 20 heavy (non-hydrogen) atoms. The molecule has 3 amide bonds. The van der Waals surface area contributed by atoms with E-state index in [0.29, 0.717) is 13.0 Å². The molecule has 0 radical (unpaired) electrons. The summed E-state index contributed by atoms with van der Waals surface area (Å²) in [5.74, 6) is -0.903. The van der Waals surface area contributed by atoms with Crippen LogP contribution in [-0.4, -0.2) is 42.3 Å². The van der Waals surface area contributed by atoms with Crippen LogP contribution in [0.4, 0.5) is 0 Å². The van der Waals surface area contributed by atoms with Gasteiger partial charge in [-0.1, -0.05) is 30.3 Å². The average molecular weight is 275 g/mol. The molecule has 106 valence electrons. The van der Waals surface area contributed by atoms with Crippen LogP contribution in [0.25, 0.3) is 0 Å². The summed E-state index contributed by atoms with van der Waals surface area (Å²) in [6.07, 6.45) is 0.410. The monoisotopic (exact) mass is 275 g/mol. The van der Waals surface area contributed by atoms with E-state index >= 15 is 0 Å². The van der Waals surface area contributed by atoms with E-state index in [1.54, 1.807) is 0 Å². The van der Waals surface area contributed by atoms with Crippen LogP contribution in [0, 0.1) is 0 Å². The minimum absolute atomic E-state index is 0.0323. The van der Waals surface area contributed by atoms with Gasteiger partial charge in [0.25, 0.3) is 0 Å². The number of nitrogens with zero attached hydrogens (tertiary/aromatic N) is 1. The summed E-state index contributed by atoms with van der Waals surface area (Å²) >= 11 is 0. The van der Waals surface area contributed by atoms with Gasteiger partial charge < -0.3 is 16.0 Å². The first kappa shape index (κ1) is 14.0. The number of nitrogens with two attached hydrogens (primary N) is 1. The van der Waals surface area contributed by atoms with Crippen LogP contribution >= 0.6 is 0 Å². The highest BCUT2D eigenvalue weighted by atomic mass is 16.2. The molecule has 1 fully saturated rings. The van der Waals surface area contributed by atoms with E-state index in [0.717, 1.165) is 5.56 Å². The Morgan fingerprint density at radius 3 is 2.65 bits per heavy atom. The van der Waals surface area contributed by atoms with Crippen molar-refractivity contribution in [3.8, 4) is 0 Å². The van der Waals surface area contributed by atoms with Crippen LogP contribution < -0.4 is 11.1 Å². The highest BCUT2D eigenvalue weighted by molar-refractivity contribution is 5.88. The molecular formula is C14H17N3O3. The van der Waals surface area contributed by atoms with Gasteiger partial charge in [0.15, 0.2) is 0 Å². The summed E-state index contributed by atoms with van der Waals surface area (Å²) in [7, 11) is 0. The van der Waals surface area contributed by atoms with E-state index in [1.165, 1.54) is 4.90 Å². The number of hydrogen-bond donors (Lipinski definition) is 2. The molecule has 3 N–H and O–H groups in total. The third kappa shape index (κ3) is 3.57. The van der Waals surface area contributed by atoms with Crippen LogP contribution in [0.5, 0.6) is 0 Å². The fourth-order valence-corrected chi connectivity index (χ4v) is 2.29. The lowest BCUT2D eigenvalue weighted by atomic mass is 9.99. The van der Waals surface area contributed by atoms with Gasteiger partial charge in [0.2, 0.25) is 17.7 Å². The van der Waals surface area contributed by atoms with Crippen molar-refractivity contribution in [3.63, 3.8) is 0 Å². The van der Waals surface area contributed by atoms with E-state index in [4.69, 9.17) is 5.73 Å². The summed E-state index contributed by atoms with van der Waals surface area (Å²) in [6.45, 7) is 0.283. The van der Waals surface area contributed by atoms with Crippen LogP contribution in [-0.2, 0) is 14.4 Å². The largest absolute Gasteiger partial charge is 0.368 e. The van der Waals surface area contributed by atoms with Gasteiger partial charge in [-0.05, 0) is 5.56 Å². The molecule has 1 heterocycles. The summed E-state index contributed by atoms with van der Waals surface area (Å²) in [6, 6.07) is 9.75. The van der Waals surface area contributed by atoms with Crippen molar-refractivity contribution in [2.45, 2.75) is 12.3 Å². The quantitative estimate of drug-likeness (QED) is 0.766. The fraction of sp³-hybridized carbons (Fsp3) is 0.357. The van der Waals surface area contributed by atoms with Gasteiger partial charge >= 0.3 is 0 Å². The molecular weight excluding hydrogens is 258 g/mol. The maximum absolute atomic E-state index is 11.9. The standard InChI is InChI=1S/C14H17N3O3/c15-12(18)7-16-13(19)9-17-8-11(6-14(17)20)10-4-2-1-3-5-10/h1-5,11H,6-9H2,(H2,15,18)(H,16,19). The SMILES string of the molecule is NC(=O)CNC(=O)CN1CC(c2ccccc2)CC1=O. The molecule has 1 aromatic rings. The summed E-state index contributed by atoms with van der Waals surface area (Å²) in [5, 5.41) is 2.38. The highest BCUT2D eigenvalue weighted by Gasteiger charge is 2.31. The molecule has 0 spiro atoms. The topological polar surface area (TPSA) is 92.5 Å². The first-order chi connectivity index (χ1) is 9.56. The molecule has 0 aromatic heterocycles. The van der Waals surface area contributed by atoms with E-state index < -0.39 is 5.91 Å². The van der Waals surface area contributed by atoms with Crippen molar-refractivity contribution in [2.75, 3.05) is 19.6 Å². The van der Waals surface area contributed by atoms with E-state index in [1.807, 2.05) is 30.3 Å². The van der Waals surface area contributed by atoms with Crippen LogP contribution in [0.1, 0.15) is 17.9 Å². The minimum Gasteiger partial charge on any atom is -0.368 e. The molecule has 1 saturated heterocycles. The molecule has 6 heteroatoms. The van der Waals surface area contributed by atoms with Gasteiger partial charge in [0, 0.05) is 18.9 Å². The van der Waals surface area contributed by atoms with Crippen molar-refractivity contribution >= 4 is 17.7 Å². The molecule has 1 aliphatic heterocycles. The summed E-state index contributed by atoms with van der Waals surface area (Å²) in [4.78, 5) is 35.5. The second kappa shape index (κ2) is 6.18. The normalized spacial score (nSPS) is 18.1. The summed E-state index contributed by atoms with van der Waals surface area (Å²) < 4.78 is 0. The van der Waals surface area contributed by atoms with Gasteiger partial charge in [0.1, 0.15) is 0 Å². The van der Waals surface area contributed by atoms with Gasteiger partial charge in [-0.25, -0.2) is 0 Å².